The second-order valence-corrected chi connectivity index (χ2v) is 13.1. The van der Waals surface area contributed by atoms with Gasteiger partial charge < -0.3 is 10.6 Å². The van der Waals surface area contributed by atoms with Gasteiger partial charge >= 0.3 is 0 Å². The van der Waals surface area contributed by atoms with Crippen LogP contribution in [0, 0.1) is 29.0 Å². The molecule has 1 aromatic heterocycles. The van der Waals surface area contributed by atoms with E-state index >= 15 is 0 Å². The van der Waals surface area contributed by atoms with Crippen LogP contribution in [0.1, 0.15) is 75.1 Å². The van der Waals surface area contributed by atoms with Gasteiger partial charge in [0.05, 0.1) is 33.6 Å². The molecule has 2 bridgehead atoms. The first-order valence-electron chi connectivity index (χ1n) is 13.5. The molecule has 0 spiro atoms. The van der Waals surface area contributed by atoms with Gasteiger partial charge in [0.2, 0.25) is 0 Å². The number of nitrogens with one attached hydrogen (secondary N) is 2. The first kappa shape index (κ1) is 27.4. The first-order chi connectivity index (χ1) is 18.3. The van der Waals surface area contributed by atoms with Crippen LogP contribution >= 0.6 is 11.6 Å². The zero-order valence-corrected chi connectivity index (χ0v) is 24.1. The maximum Gasteiger partial charge on any atom is 0.259 e. The molecule has 3 saturated carbocycles. The van der Waals surface area contributed by atoms with Crippen LogP contribution in [0.2, 0.25) is 5.02 Å². The molecule has 4 atom stereocenters. The Balaban J connectivity index is 1.37. The molecule has 6 rings (SSSR count). The number of hydrogen-bond donors (Lipinski definition) is 2. The number of carbonyl (C=O) groups excluding carboxylic acids is 2. The van der Waals surface area contributed by atoms with Gasteiger partial charge in [-0.2, -0.15) is 5.10 Å². The predicted octanol–water partition coefficient (Wildman–Crippen LogP) is 7.15. The van der Waals surface area contributed by atoms with Crippen molar-refractivity contribution >= 4 is 29.1 Å². The number of carbonyl (C=O) groups is 2. The highest BCUT2D eigenvalue weighted by Crippen LogP contribution is 2.61. The molecule has 6 nitrogen and oxygen atoms in total. The van der Waals surface area contributed by atoms with E-state index in [9.17, 15) is 14.0 Å². The largest absolute Gasteiger partial charge is 0.349 e. The predicted molar refractivity (Wildman–Crippen MR) is 152 cm³/mol. The fourth-order valence-corrected chi connectivity index (χ4v) is 6.67. The molecule has 1 unspecified atom stereocenters. The standard InChI is InChI=1S/C31H36ClFN4O2/c1-17-24-13-19(31(24,5)6)14-26(17)36-28(38)22-15-21(11-12-25(22)32)35-29(39)23-16-34-37(30(2,3)4)27(23)18-7-9-20(33)10-8-18/h7-12,15-17,19,24,26H,13-14H2,1-6H3,(H,35,39)(H,36,38)/t17-,19?,24-,26-/m1/s1. The van der Waals surface area contributed by atoms with Gasteiger partial charge in [0, 0.05) is 17.3 Å². The van der Waals surface area contributed by atoms with E-state index in [0.717, 1.165) is 6.42 Å². The van der Waals surface area contributed by atoms with Crippen LogP contribution in [0.15, 0.2) is 48.7 Å². The van der Waals surface area contributed by atoms with E-state index in [0.29, 0.717) is 56.3 Å². The highest BCUT2D eigenvalue weighted by atomic mass is 35.5. The van der Waals surface area contributed by atoms with Crippen molar-refractivity contribution < 1.29 is 14.0 Å². The van der Waals surface area contributed by atoms with Crippen LogP contribution in [0.4, 0.5) is 10.1 Å². The summed E-state index contributed by atoms with van der Waals surface area (Å²) in [5.74, 6) is 0.629. The molecule has 2 N–H and O–H groups in total. The van der Waals surface area contributed by atoms with E-state index < -0.39 is 5.54 Å². The molecule has 3 aliphatic carbocycles. The molecule has 3 aromatic rings. The molecule has 2 aromatic carbocycles. The number of nitrogens with zero attached hydrogens (tertiary/aromatic N) is 2. The summed E-state index contributed by atoms with van der Waals surface area (Å²) < 4.78 is 15.4. The number of anilines is 1. The Kier molecular flexibility index (Phi) is 6.86. The number of benzene rings is 2. The second-order valence-electron chi connectivity index (χ2n) is 12.7. The molecule has 2 amide bonds. The van der Waals surface area contributed by atoms with Gasteiger partial charge in [-0.05, 0) is 99.2 Å². The van der Waals surface area contributed by atoms with Gasteiger partial charge in [0.15, 0.2) is 0 Å². The van der Waals surface area contributed by atoms with Gasteiger partial charge in [0.1, 0.15) is 5.82 Å². The van der Waals surface area contributed by atoms with Crippen LogP contribution in [0.5, 0.6) is 0 Å². The number of aromatic nitrogens is 2. The Morgan fingerprint density at radius 1 is 1.05 bits per heavy atom. The number of halogens is 2. The third-order valence-electron chi connectivity index (χ3n) is 8.91. The summed E-state index contributed by atoms with van der Waals surface area (Å²) in [6, 6.07) is 11.0. The molecule has 206 valence electrons. The van der Waals surface area contributed by atoms with Gasteiger partial charge in [-0.1, -0.05) is 32.4 Å². The monoisotopic (exact) mass is 550 g/mol. The molecule has 0 radical (unpaired) electrons. The fraction of sp³-hybridized carbons (Fsp3) is 0.452. The Labute approximate surface area is 234 Å². The minimum absolute atomic E-state index is 0.102. The molecule has 39 heavy (non-hydrogen) atoms. The molecular weight excluding hydrogens is 515 g/mol. The van der Waals surface area contributed by atoms with Gasteiger partial charge in [-0.25, -0.2) is 4.39 Å². The SMILES string of the molecule is C[C@@H]1[C@H]2CC(C[C@H]1NC(=O)c1cc(NC(=O)c3cnn(C(C)(C)C)c3-c3ccc(F)cc3)ccc1Cl)C2(C)C. The molecular formula is C31H36ClFN4O2. The third-order valence-corrected chi connectivity index (χ3v) is 9.24. The lowest BCUT2D eigenvalue weighted by atomic mass is 9.45. The molecule has 3 aliphatic rings. The summed E-state index contributed by atoms with van der Waals surface area (Å²) in [4.78, 5) is 26.8. The normalized spacial score (nSPS) is 23.6. The molecule has 3 fully saturated rings. The van der Waals surface area contributed by atoms with E-state index in [2.05, 4.69) is 36.5 Å². The zero-order valence-electron chi connectivity index (χ0n) is 23.3. The average molecular weight is 551 g/mol. The van der Waals surface area contributed by atoms with Crippen LogP contribution in [0.25, 0.3) is 11.3 Å². The summed E-state index contributed by atoms with van der Waals surface area (Å²) >= 11 is 6.44. The number of fused-ring (bicyclic) bond motifs is 2. The first-order valence-corrected chi connectivity index (χ1v) is 13.9. The van der Waals surface area contributed by atoms with Crippen LogP contribution in [0.3, 0.4) is 0 Å². The number of rotatable bonds is 5. The lowest BCUT2D eigenvalue weighted by Crippen LogP contribution is -2.60. The quantitative estimate of drug-likeness (QED) is 0.354. The van der Waals surface area contributed by atoms with Crippen molar-refractivity contribution in [3.8, 4) is 11.3 Å². The Morgan fingerprint density at radius 3 is 2.36 bits per heavy atom. The maximum absolute atomic E-state index is 13.6. The number of hydrogen-bond acceptors (Lipinski definition) is 3. The maximum atomic E-state index is 13.6. The second kappa shape index (κ2) is 9.77. The average Bonchev–Trinajstić information content (AvgIpc) is 3.32. The van der Waals surface area contributed by atoms with Crippen molar-refractivity contribution in [2.75, 3.05) is 5.32 Å². The van der Waals surface area contributed by atoms with E-state index in [1.807, 2.05) is 20.8 Å². The van der Waals surface area contributed by atoms with Crippen LogP contribution < -0.4 is 10.6 Å². The molecule has 0 aliphatic heterocycles. The highest BCUT2D eigenvalue weighted by molar-refractivity contribution is 6.34. The molecule has 1 heterocycles. The van der Waals surface area contributed by atoms with E-state index in [4.69, 9.17) is 11.6 Å². The summed E-state index contributed by atoms with van der Waals surface area (Å²) in [5.41, 5.74) is 2.28. The number of amides is 2. The summed E-state index contributed by atoms with van der Waals surface area (Å²) in [6.45, 7) is 12.8. The fourth-order valence-electron chi connectivity index (χ4n) is 6.47. The van der Waals surface area contributed by atoms with Crippen LogP contribution in [-0.2, 0) is 5.54 Å². The minimum Gasteiger partial charge on any atom is -0.349 e. The Morgan fingerprint density at radius 2 is 1.74 bits per heavy atom. The van der Waals surface area contributed by atoms with Crippen molar-refractivity contribution in [3.63, 3.8) is 0 Å². The highest BCUT2D eigenvalue weighted by Gasteiger charge is 2.56. The van der Waals surface area contributed by atoms with Gasteiger partial charge in [0.25, 0.3) is 11.8 Å². The van der Waals surface area contributed by atoms with Gasteiger partial charge in [-0.3, -0.25) is 14.3 Å². The van der Waals surface area contributed by atoms with E-state index in [1.54, 1.807) is 35.0 Å². The van der Waals surface area contributed by atoms with Crippen molar-refractivity contribution in [3.05, 3.63) is 70.6 Å². The lowest BCUT2D eigenvalue weighted by Gasteiger charge is -2.62. The van der Waals surface area contributed by atoms with E-state index in [1.165, 1.54) is 24.8 Å². The van der Waals surface area contributed by atoms with Crippen molar-refractivity contribution in [1.82, 2.24) is 15.1 Å². The minimum atomic E-state index is -0.417. The summed E-state index contributed by atoms with van der Waals surface area (Å²) in [7, 11) is 0. The van der Waals surface area contributed by atoms with Crippen molar-refractivity contribution in [2.24, 2.45) is 23.2 Å². The smallest absolute Gasteiger partial charge is 0.259 e. The Bertz CT molecular complexity index is 1420. The van der Waals surface area contributed by atoms with E-state index in [-0.39, 0.29) is 23.7 Å². The topological polar surface area (TPSA) is 76.0 Å². The third kappa shape index (κ3) is 4.97. The molecule has 8 heteroatoms. The summed E-state index contributed by atoms with van der Waals surface area (Å²) in [6.07, 6.45) is 3.71. The van der Waals surface area contributed by atoms with Crippen molar-refractivity contribution in [2.45, 2.75) is 66.0 Å². The lowest BCUT2D eigenvalue weighted by molar-refractivity contribution is -0.113. The van der Waals surface area contributed by atoms with Crippen molar-refractivity contribution in [1.29, 1.82) is 0 Å². The summed E-state index contributed by atoms with van der Waals surface area (Å²) in [5, 5.41) is 10.9. The van der Waals surface area contributed by atoms with Crippen LogP contribution in [-0.4, -0.2) is 27.6 Å². The van der Waals surface area contributed by atoms with Gasteiger partial charge in [-0.15, -0.1) is 0 Å². The zero-order chi connectivity index (χ0) is 28.3. The Hall–Kier alpha value is -3.19. The molecule has 0 saturated heterocycles.